The van der Waals surface area contributed by atoms with Crippen molar-refractivity contribution >= 4 is 43.0 Å². The fourth-order valence-corrected chi connectivity index (χ4v) is 5.39. The number of rotatable bonds is 4. The van der Waals surface area contributed by atoms with Gasteiger partial charge in [-0.3, -0.25) is 4.72 Å². The number of aliphatic hydroxyl groups excluding tert-OH is 1. The molecule has 0 aliphatic carbocycles. The van der Waals surface area contributed by atoms with Gasteiger partial charge in [-0.1, -0.05) is 12.1 Å². The van der Waals surface area contributed by atoms with Gasteiger partial charge in [0.2, 0.25) is 0 Å². The largest absolute Gasteiger partial charge is 0.391 e. The molecule has 0 aliphatic rings. The lowest BCUT2D eigenvalue weighted by Crippen LogP contribution is -2.13. The second kappa shape index (κ2) is 5.85. The molecule has 7 heteroatoms. The molecule has 0 unspecified atom stereocenters. The topological polar surface area (TPSA) is 66.4 Å². The molecular formula is C13H14BrNO3S2. The van der Waals surface area contributed by atoms with Crippen LogP contribution in [0, 0.1) is 13.8 Å². The first-order valence-corrected chi connectivity index (χ1v) is 8.92. The molecule has 0 saturated heterocycles. The first-order valence-electron chi connectivity index (χ1n) is 5.83. The quantitative estimate of drug-likeness (QED) is 0.859. The first kappa shape index (κ1) is 15.5. The summed E-state index contributed by atoms with van der Waals surface area (Å²) >= 11 is 4.43. The molecule has 108 valence electrons. The standard InChI is InChI=1S/C13H14BrNO3S2/c1-8-4-3-5-11(9(8)2)15-20(17,18)12-6-10(7-16)19-13(12)14/h3-6,15-16H,7H2,1-2H3. The summed E-state index contributed by atoms with van der Waals surface area (Å²) in [7, 11) is -3.67. The van der Waals surface area contributed by atoms with Crippen molar-refractivity contribution in [3.63, 3.8) is 0 Å². The number of nitrogens with one attached hydrogen (secondary N) is 1. The van der Waals surface area contributed by atoms with Crippen LogP contribution < -0.4 is 4.72 Å². The number of halogens is 1. The zero-order valence-corrected chi connectivity index (χ0v) is 14.2. The highest BCUT2D eigenvalue weighted by Gasteiger charge is 2.21. The van der Waals surface area contributed by atoms with Gasteiger partial charge in [-0.25, -0.2) is 8.42 Å². The molecule has 2 rings (SSSR count). The van der Waals surface area contributed by atoms with Crippen LogP contribution in [0.15, 0.2) is 32.9 Å². The molecule has 0 spiro atoms. The zero-order valence-electron chi connectivity index (χ0n) is 11.0. The van der Waals surface area contributed by atoms with Crippen LogP contribution in [0.2, 0.25) is 0 Å². The van der Waals surface area contributed by atoms with Crippen molar-refractivity contribution in [2.24, 2.45) is 0 Å². The summed E-state index contributed by atoms with van der Waals surface area (Å²) in [5.74, 6) is 0. The number of thiophene rings is 1. The maximum Gasteiger partial charge on any atom is 0.263 e. The predicted octanol–water partition coefficient (Wildman–Crippen LogP) is 3.42. The van der Waals surface area contributed by atoms with E-state index >= 15 is 0 Å². The summed E-state index contributed by atoms with van der Waals surface area (Å²) in [5.41, 5.74) is 2.48. The summed E-state index contributed by atoms with van der Waals surface area (Å²) in [6.45, 7) is 3.62. The van der Waals surface area contributed by atoms with Gasteiger partial charge in [0.15, 0.2) is 0 Å². The highest BCUT2D eigenvalue weighted by atomic mass is 79.9. The Morgan fingerprint density at radius 1 is 1.35 bits per heavy atom. The van der Waals surface area contributed by atoms with E-state index in [1.807, 2.05) is 26.0 Å². The molecule has 1 aromatic carbocycles. The smallest absolute Gasteiger partial charge is 0.263 e. The third kappa shape index (κ3) is 3.06. The highest BCUT2D eigenvalue weighted by molar-refractivity contribution is 9.11. The zero-order chi connectivity index (χ0) is 14.9. The van der Waals surface area contributed by atoms with Crippen LogP contribution in [0.1, 0.15) is 16.0 Å². The van der Waals surface area contributed by atoms with Gasteiger partial charge < -0.3 is 5.11 Å². The van der Waals surface area contributed by atoms with E-state index in [0.29, 0.717) is 14.4 Å². The normalized spacial score (nSPS) is 11.6. The molecule has 0 fully saturated rings. The lowest BCUT2D eigenvalue weighted by Gasteiger charge is -2.11. The van der Waals surface area contributed by atoms with Gasteiger partial charge in [-0.2, -0.15) is 0 Å². The molecule has 0 atom stereocenters. The van der Waals surface area contributed by atoms with E-state index in [-0.39, 0.29) is 11.5 Å². The van der Waals surface area contributed by atoms with Gasteiger partial charge in [-0.05, 0) is 53.0 Å². The number of sulfonamides is 1. The van der Waals surface area contributed by atoms with Gasteiger partial charge in [0.05, 0.1) is 16.1 Å². The fraction of sp³-hybridized carbons (Fsp3) is 0.231. The second-order valence-corrected chi connectivity index (χ2v) is 8.47. The Bertz CT molecular complexity index is 738. The lowest BCUT2D eigenvalue weighted by molar-refractivity contribution is 0.285. The SMILES string of the molecule is Cc1cccc(NS(=O)(=O)c2cc(CO)sc2Br)c1C. The third-order valence-electron chi connectivity index (χ3n) is 3.00. The average Bonchev–Trinajstić information content (AvgIpc) is 2.77. The lowest BCUT2D eigenvalue weighted by atomic mass is 10.1. The van der Waals surface area contributed by atoms with E-state index in [2.05, 4.69) is 20.7 Å². The van der Waals surface area contributed by atoms with Crippen LogP contribution in [-0.2, 0) is 16.6 Å². The van der Waals surface area contributed by atoms with Crippen LogP contribution in [0.4, 0.5) is 5.69 Å². The highest BCUT2D eigenvalue weighted by Crippen LogP contribution is 2.33. The Kier molecular flexibility index (Phi) is 4.53. The Morgan fingerprint density at radius 2 is 2.05 bits per heavy atom. The van der Waals surface area contributed by atoms with Crippen LogP contribution in [0.25, 0.3) is 0 Å². The molecule has 20 heavy (non-hydrogen) atoms. The van der Waals surface area contributed by atoms with Crippen molar-refractivity contribution < 1.29 is 13.5 Å². The van der Waals surface area contributed by atoms with Crippen molar-refractivity contribution in [2.75, 3.05) is 4.72 Å². The Labute approximate surface area is 130 Å². The van der Waals surface area contributed by atoms with Gasteiger partial charge in [0, 0.05) is 4.88 Å². The number of hydrogen-bond donors (Lipinski definition) is 2. The van der Waals surface area contributed by atoms with Crippen molar-refractivity contribution in [3.8, 4) is 0 Å². The van der Waals surface area contributed by atoms with Crippen LogP contribution in [0.5, 0.6) is 0 Å². The number of hydrogen-bond acceptors (Lipinski definition) is 4. The van der Waals surface area contributed by atoms with E-state index in [9.17, 15) is 8.42 Å². The molecule has 0 bridgehead atoms. The number of anilines is 1. The molecule has 0 radical (unpaired) electrons. The minimum absolute atomic E-state index is 0.146. The van der Waals surface area contributed by atoms with Crippen LogP contribution >= 0.6 is 27.3 Å². The van der Waals surface area contributed by atoms with Crippen LogP contribution in [-0.4, -0.2) is 13.5 Å². The van der Waals surface area contributed by atoms with Gasteiger partial charge in [0.25, 0.3) is 10.0 Å². The number of aliphatic hydroxyl groups is 1. The predicted molar refractivity (Wildman–Crippen MR) is 84.7 cm³/mol. The first-order chi connectivity index (χ1) is 9.35. The summed E-state index contributed by atoms with van der Waals surface area (Å²) in [4.78, 5) is 0.741. The van der Waals surface area contributed by atoms with E-state index in [1.165, 1.54) is 17.4 Å². The Hall–Kier alpha value is -0.890. The third-order valence-corrected chi connectivity index (χ3v) is 6.60. The molecule has 0 aliphatic heterocycles. The van der Waals surface area contributed by atoms with Crippen molar-refractivity contribution in [2.45, 2.75) is 25.3 Å². The van der Waals surface area contributed by atoms with E-state index in [0.717, 1.165) is 11.1 Å². The van der Waals surface area contributed by atoms with Gasteiger partial charge in [0.1, 0.15) is 4.90 Å². The minimum Gasteiger partial charge on any atom is -0.391 e. The number of benzene rings is 1. The van der Waals surface area contributed by atoms with Crippen molar-refractivity contribution in [1.29, 1.82) is 0 Å². The van der Waals surface area contributed by atoms with Crippen molar-refractivity contribution in [3.05, 3.63) is 44.1 Å². The Balaban J connectivity index is 2.40. The minimum atomic E-state index is -3.67. The Morgan fingerprint density at radius 3 is 2.65 bits per heavy atom. The van der Waals surface area contributed by atoms with E-state index in [1.54, 1.807) is 6.07 Å². The maximum absolute atomic E-state index is 12.4. The average molecular weight is 376 g/mol. The molecule has 2 aromatic rings. The van der Waals surface area contributed by atoms with Crippen molar-refractivity contribution in [1.82, 2.24) is 0 Å². The molecule has 1 aromatic heterocycles. The molecular weight excluding hydrogens is 362 g/mol. The monoisotopic (exact) mass is 375 g/mol. The molecule has 2 N–H and O–H groups in total. The van der Waals surface area contributed by atoms with E-state index < -0.39 is 10.0 Å². The second-order valence-electron chi connectivity index (χ2n) is 4.36. The molecule has 4 nitrogen and oxygen atoms in total. The van der Waals surface area contributed by atoms with Gasteiger partial charge in [-0.15, -0.1) is 11.3 Å². The maximum atomic E-state index is 12.4. The summed E-state index contributed by atoms with van der Waals surface area (Å²) in [6, 6.07) is 6.94. The molecule has 0 amide bonds. The van der Waals surface area contributed by atoms with Crippen LogP contribution in [0.3, 0.4) is 0 Å². The summed E-state index contributed by atoms with van der Waals surface area (Å²) in [6.07, 6.45) is 0. The number of aryl methyl sites for hydroxylation is 1. The molecule has 0 saturated carbocycles. The van der Waals surface area contributed by atoms with E-state index in [4.69, 9.17) is 5.11 Å². The fourth-order valence-electron chi connectivity index (χ4n) is 1.72. The molecule has 1 heterocycles. The summed E-state index contributed by atoms with van der Waals surface area (Å²) < 4.78 is 27.9. The van der Waals surface area contributed by atoms with Gasteiger partial charge >= 0.3 is 0 Å². The summed E-state index contributed by atoms with van der Waals surface area (Å²) in [5, 5.41) is 9.09.